The number of amides is 1. The van der Waals surface area contributed by atoms with Crippen LogP contribution in [0.25, 0.3) is 0 Å². The van der Waals surface area contributed by atoms with Gasteiger partial charge >= 0.3 is 0 Å². The Morgan fingerprint density at radius 2 is 1.78 bits per heavy atom. The molecule has 0 radical (unpaired) electrons. The first-order valence-electron chi connectivity index (χ1n) is 8.43. The normalized spacial score (nSPS) is 17.2. The van der Waals surface area contributed by atoms with Gasteiger partial charge in [-0.2, -0.15) is 0 Å². The van der Waals surface area contributed by atoms with Crippen LogP contribution in [0.2, 0.25) is 0 Å². The fraction of sp³-hybridized carbons (Fsp3) is 0.350. The van der Waals surface area contributed by atoms with Crippen LogP contribution < -0.4 is 10.2 Å². The molecule has 0 aromatic heterocycles. The van der Waals surface area contributed by atoms with Crippen molar-refractivity contribution in [2.45, 2.75) is 25.7 Å². The number of carbonyl (C=O) groups excluding carboxylic acids is 1. The molecule has 3 heteroatoms. The highest BCUT2D eigenvalue weighted by atomic mass is 16.2. The van der Waals surface area contributed by atoms with E-state index in [1.54, 1.807) is 0 Å². The number of anilines is 2. The van der Waals surface area contributed by atoms with Crippen molar-refractivity contribution in [3.8, 4) is 0 Å². The Bertz CT molecular complexity index is 654. The molecule has 1 amide bonds. The van der Waals surface area contributed by atoms with Gasteiger partial charge < -0.3 is 5.32 Å². The molecule has 23 heavy (non-hydrogen) atoms. The van der Waals surface area contributed by atoms with Gasteiger partial charge in [-0.15, -0.1) is 0 Å². The van der Waals surface area contributed by atoms with E-state index in [2.05, 4.69) is 23.5 Å². The maximum atomic E-state index is 13.1. The molecule has 2 aromatic rings. The summed E-state index contributed by atoms with van der Waals surface area (Å²) >= 11 is 0. The lowest BCUT2D eigenvalue weighted by atomic mass is 9.87. The van der Waals surface area contributed by atoms with Crippen LogP contribution in [-0.2, 0) is 11.2 Å². The van der Waals surface area contributed by atoms with E-state index in [1.165, 1.54) is 5.56 Å². The second-order valence-corrected chi connectivity index (χ2v) is 6.14. The summed E-state index contributed by atoms with van der Waals surface area (Å²) in [7, 11) is 1.97. The average Bonchev–Trinajstić information content (AvgIpc) is 2.60. The fourth-order valence-electron chi connectivity index (χ4n) is 3.32. The number of rotatable bonds is 6. The second kappa shape index (κ2) is 7.42. The molecule has 0 saturated carbocycles. The van der Waals surface area contributed by atoms with Crippen LogP contribution in [0.1, 0.15) is 24.8 Å². The van der Waals surface area contributed by atoms with Gasteiger partial charge in [0.1, 0.15) is 0 Å². The summed E-state index contributed by atoms with van der Waals surface area (Å²) in [5.41, 5.74) is 3.27. The molecule has 1 atom stereocenters. The van der Waals surface area contributed by atoms with Gasteiger partial charge in [0.15, 0.2) is 0 Å². The van der Waals surface area contributed by atoms with Crippen molar-refractivity contribution >= 4 is 17.3 Å². The standard InChI is InChI=1S/C20H24N2O/c1-21-14-8-7-10-17-15-16-9-5-6-13-19(16)22(20(17)23)18-11-3-2-4-12-18/h2-6,9,11-13,17,21H,7-8,10,14-15H2,1H3. The molecule has 0 bridgehead atoms. The Kier molecular flexibility index (Phi) is 5.09. The summed E-state index contributed by atoms with van der Waals surface area (Å²) in [5, 5.41) is 3.17. The monoisotopic (exact) mass is 308 g/mol. The van der Waals surface area contributed by atoms with Gasteiger partial charge in [0, 0.05) is 11.6 Å². The highest BCUT2D eigenvalue weighted by Crippen LogP contribution is 2.37. The van der Waals surface area contributed by atoms with Crippen molar-refractivity contribution in [1.29, 1.82) is 0 Å². The number of unbranched alkanes of at least 4 members (excludes halogenated alkanes) is 1. The van der Waals surface area contributed by atoms with Gasteiger partial charge in [-0.25, -0.2) is 0 Å². The zero-order valence-corrected chi connectivity index (χ0v) is 13.7. The van der Waals surface area contributed by atoms with Gasteiger partial charge in [-0.1, -0.05) is 42.8 Å². The number of carbonyl (C=O) groups is 1. The van der Waals surface area contributed by atoms with Crippen molar-refractivity contribution in [3.63, 3.8) is 0 Å². The summed E-state index contributed by atoms with van der Waals surface area (Å²) in [6.07, 6.45) is 4.02. The number of para-hydroxylation sites is 2. The minimum atomic E-state index is 0.0852. The topological polar surface area (TPSA) is 32.3 Å². The van der Waals surface area contributed by atoms with Crippen LogP contribution in [0.4, 0.5) is 11.4 Å². The Labute approximate surface area is 138 Å². The van der Waals surface area contributed by atoms with Gasteiger partial charge in [-0.05, 0) is 56.6 Å². The van der Waals surface area contributed by atoms with Gasteiger partial charge in [0.25, 0.3) is 0 Å². The molecule has 1 heterocycles. The largest absolute Gasteiger partial charge is 0.320 e. The predicted molar refractivity (Wildman–Crippen MR) is 95.0 cm³/mol. The number of benzene rings is 2. The van der Waals surface area contributed by atoms with Gasteiger partial charge in [0.2, 0.25) is 5.91 Å². The van der Waals surface area contributed by atoms with Crippen molar-refractivity contribution in [1.82, 2.24) is 5.32 Å². The summed E-state index contributed by atoms with van der Waals surface area (Å²) < 4.78 is 0. The minimum absolute atomic E-state index is 0.0852. The van der Waals surface area contributed by atoms with E-state index < -0.39 is 0 Å². The van der Waals surface area contributed by atoms with Crippen molar-refractivity contribution in [3.05, 3.63) is 60.2 Å². The molecule has 3 nitrogen and oxygen atoms in total. The molecule has 1 aliphatic rings. The van der Waals surface area contributed by atoms with E-state index in [9.17, 15) is 4.79 Å². The molecule has 2 aromatic carbocycles. The lowest BCUT2D eigenvalue weighted by Crippen LogP contribution is -2.38. The predicted octanol–water partition coefficient (Wildman–Crippen LogP) is 3.91. The third-order valence-corrected chi connectivity index (χ3v) is 4.51. The summed E-state index contributed by atoms with van der Waals surface area (Å²) in [6, 6.07) is 18.3. The van der Waals surface area contributed by atoms with E-state index in [0.717, 1.165) is 43.6 Å². The molecule has 0 spiro atoms. The first-order chi connectivity index (χ1) is 11.3. The van der Waals surface area contributed by atoms with Crippen LogP contribution in [0, 0.1) is 5.92 Å². The smallest absolute Gasteiger partial charge is 0.234 e. The molecule has 0 fully saturated rings. The van der Waals surface area contributed by atoms with Gasteiger partial charge in [-0.3, -0.25) is 9.69 Å². The third-order valence-electron chi connectivity index (χ3n) is 4.51. The number of nitrogens with zero attached hydrogens (tertiary/aromatic N) is 1. The van der Waals surface area contributed by atoms with Crippen LogP contribution in [0.3, 0.4) is 0 Å². The minimum Gasteiger partial charge on any atom is -0.320 e. The first kappa shape index (κ1) is 15.8. The van der Waals surface area contributed by atoms with E-state index in [0.29, 0.717) is 0 Å². The van der Waals surface area contributed by atoms with Crippen LogP contribution in [0.5, 0.6) is 0 Å². The highest BCUT2D eigenvalue weighted by molar-refractivity contribution is 6.04. The average molecular weight is 308 g/mol. The van der Waals surface area contributed by atoms with Crippen LogP contribution >= 0.6 is 0 Å². The van der Waals surface area contributed by atoms with Crippen molar-refractivity contribution < 1.29 is 4.79 Å². The Balaban J connectivity index is 1.86. The maximum absolute atomic E-state index is 13.1. The molecular formula is C20H24N2O. The second-order valence-electron chi connectivity index (χ2n) is 6.14. The maximum Gasteiger partial charge on any atom is 0.234 e. The van der Waals surface area contributed by atoms with Crippen LogP contribution in [-0.4, -0.2) is 19.5 Å². The molecular weight excluding hydrogens is 284 g/mol. The molecule has 0 aliphatic carbocycles. The number of nitrogens with one attached hydrogen (secondary N) is 1. The zero-order chi connectivity index (χ0) is 16.1. The van der Waals surface area contributed by atoms with Crippen LogP contribution in [0.15, 0.2) is 54.6 Å². The number of hydrogen-bond acceptors (Lipinski definition) is 2. The molecule has 1 unspecified atom stereocenters. The molecule has 120 valence electrons. The lowest BCUT2D eigenvalue weighted by Gasteiger charge is -2.34. The van der Waals surface area contributed by atoms with Crippen molar-refractivity contribution in [2.75, 3.05) is 18.5 Å². The Morgan fingerprint density at radius 1 is 1.04 bits per heavy atom. The zero-order valence-electron chi connectivity index (χ0n) is 13.7. The summed E-state index contributed by atoms with van der Waals surface area (Å²) in [5.74, 6) is 0.321. The SMILES string of the molecule is CNCCCCC1Cc2ccccc2N(c2ccccc2)C1=O. The van der Waals surface area contributed by atoms with Gasteiger partial charge in [0.05, 0.1) is 5.69 Å². The van der Waals surface area contributed by atoms with E-state index >= 15 is 0 Å². The lowest BCUT2D eigenvalue weighted by molar-refractivity contribution is -0.122. The quantitative estimate of drug-likeness (QED) is 0.821. The first-order valence-corrected chi connectivity index (χ1v) is 8.43. The summed E-state index contributed by atoms with van der Waals surface area (Å²) in [6.45, 7) is 1.01. The Hall–Kier alpha value is -2.13. The molecule has 3 rings (SSSR count). The highest BCUT2D eigenvalue weighted by Gasteiger charge is 2.32. The molecule has 1 N–H and O–H groups in total. The Morgan fingerprint density at radius 3 is 2.57 bits per heavy atom. The molecule has 1 aliphatic heterocycles. The van der Waals surface area contributed by atoms with Crippen molar-refractivity contribution in [2.24, 2.45) is 5.92 Å². The number of hydrogen-bond donors (Lipinski definition) is 1. The van der Waals surface area contributed by atoms with E-state index in [1.807, 2.05) is 48.3 Å². The molecule has 0 saturated heterocycles. The van der Waals surface area contributed by atoms with E-state index in [-0.39, 0.29) is 11.8 Å². The number of fused-ring (bicyclic) bond motifs is 1. The fourth-order valence-corrected chi connectivity index (χ4v) is 3.32. The van der Waals surface area contributed by atoms with E-state index in [4.69, 9.17) is 0 Å². The summed E-state index contributed by atoms with van der Waals surface area (Å²) in [4.78, 5) is 15.0. The third kappa shape index (κ3) is 3.45.